The van der Waals surface area contributed by atoms with Crippen LogP contribution in [0.5, 0.6) is 0 Å². The summed E-state index contributed by atoms with van der Waals surface area (Å²) in [5.41, 5.74) is 3.45. The zero-order valence-electron chi connectivity index (χ0n) is 19.6. The molecule has 2 aromatic rings. The number of rotatable bonds is 8. The van der Waals surface area contributed by atoms with E-state index in [1.807, 2.05) is 18.2 Å². The number of nitrogens with zero attached hydrogens (tertiary/aromatic N) is 2. The van der Waals surface area contributed by atoms with E-state index in [-0.39, 0.29) is 35.3 Å². The lowest BCUT2D eigenvalue weighted by molar-refractivity contribution is 0.0827. The zero-order valence-corrected chi connectivity index (χ0v) is 21.9. The third-order valence-corrected chi connectivity index (χ3v) is 6.12. The van der Waals surface area contributed by atoms with E-state index in [1.54, 1.807) is 19.0 Å². The van der Waals surface area contributed by atoms with E-state index in [2.05, 4.69) is 54.0 Å². The number of hydrogen-bond donors (Lipinski definition) is 2. The molecule has 174 valence electrons. The molecule has 0 atom stereocenters. The molecule has 0 aromatic heterocycles. The van der Waals surface area contributed by atoms with Crippen molar-refractivity contribution in [3.8, 4) is 0 Å². The molecule has 3 rings (SSSR count). The van der Waals surface area contributed by atoms with Gasteiger partial charge in [0.1, 0.15) is 0 Å². The first-order valence-corrected chi connectivity index (χ1v) is 11.4. The molecule has 0 bridgehead atoms. The first kappa shape index (κ1) is 26.2. The molecule has 2 N–H and O–H groups in total. The van der Waals surface area contributed by atoms with Gasteiger partial charge in [0.15, 0.2) is 5.96 Å². The average molecular weight is 549 g/mol. The molecule has 32 heavy (non-hydrogen) atoms. The summed E-state index contributed by atoms with van der Waals surface area (Å²) in [5, 5.41) is 6.86. The highest BCUT2D eigenvalue weighted by atomic mass is 127. The highest BCUT2D eigenvalue weighted by Crippen LogP contribution is 2.41. The zero-order chi connectivity index (χ0) is 22.1. The van der Waals surface area contributed by atoms with Crippen LogP contribution in [0.4, 0.5) is 0 Å². The van der Waals surface area contributed by atoms with Crippen molar-refractivity contribution in [3.63, 3.8) is 0 Å². The monoisotopic (exact) mass is 548 g/mol. The second-order valence-electron chi connectivity index (χ2n) is 8.63. The Bertz CT molecular complexity index is 876. The predicted molar refractivity (Wildman–Crippen MR) is 144 cm³/mol. The van der Waals surface area contributed by atoms with Crippen molar-refractivity contribution in [2.24, 2.45) is 4.99 Å². The van der Waals surface area contributed by atoms with Crippen molar-refractivity contribution in [2.75, 3.05) is 33.7 Å². The van der Waals surface area contributed by atoms with Crippen molar-refractivity contribution >= 4 is 35.8 Å². The minimum Gasteiger partial charge on any atom is -0.357 e. The van der Waals surface area contributed by atoms with E-state index in [0.29, 0.717) is 0 Å². The van der Waals surface area contributed by atoms with Gasteiger partial charge in [-0.3, -0.25) is 9.79 Å². The molecule has 1 aliphatic rings. The number of halogens is 1. The second kappa shape index (κ2) is 12.8. The summed E-state index contributed by atoms with van der Waals surface area (Å²) in [7, 11) is 3.56. The summed E-state index contributed by atoms with van der Waals surface area (Å²) in [5.74, 6) is 0.901. The Balaban J connectivity index is 0.00000363. The Morgan fingerprint density at radius 3 is 2.41 bits per heavy atom. The molecule has 0 radical (unpaired) electrons. The smallest absolute Gasteiger partial charge is 0.253 e. The van der Waals surface area contributed by atoms with Crippen LogP contribution in [0.1, 0.15) is 54.1 Å². The highest BCUT2D eigenvalue weighted by molar-refractivity contribution is 14.0. The van der Waals surface area contributed by atoms with Crippen molar-refractivity contribution in [1.29, 1.82) is 0 Å². The van der Waals surface area contributed by atoms with Gasteiger partial charge in [0.05, 0.1) is 6.54 Å². The molecule has 1 saturated carbocycles. The molecule has 2 aromatic carbocycles. The molecule has 0 aliphatic heterocycles. The number of aliphatic imine (C=N–C) groups is 1. The molecule has 5 nitrogen and oxygen atoms in total. The first-order chi connectivity index (χ1) is 15.0. The molecular weight excluding hydrogens is 511 g/mol. The molecule has 0 saturated heterocycles. The van der Waals surface area contributed by atoms with Gasteiger partial charge in [0, 0.05) is 38.2 Å². The van der Waals surface area contributed by atoms with E-state index < -0.39 is 0 Å². The van der Waals surface area contributed by atoms with E-state index in [9.17, 15) is 4.79 Å². The van der Waals surface area contributed by atoms with E-state index in [0.717, 1.165) is 43.1 Å². The minimum atomic E-state index is 0. The molecule has 6 heteroatoms. The van der Waals surface area contributed by atoms with Crippen LogP contribution < -0.4 is 10.6 Å². The first-order valence-electron chi connectivity index (χ1n) is 11.4. The Kier molecular flexibility index (Phi) is 10.5. The largest absolute Gasteiger partial charge is 0.357 e. The van der Waals surface area contributed by atoms with Crippen LogP contribution in [-0.2, 0) is 11.8 Å². The van der Waals surface area contributed by atoms with Crippen LogP contribution in [0.3, 0.4) is 0 Å². The van der Waals surface area contributed by atoms with Crippen LogP contribution in [0.25, 0.3) is 0 Å². The van der Waals surface area contributed by atoms with E-state index in [4.69, 9.17) is 4.99 Å². The number of carbonyl (C=O) groups excluding carboxylic acids is 1. The minimum absolute atomic E-state index is 0. The summed E-state index contributed by atoms with van der Waals surface area (Å²) < 4.78 is 0. The lowest BCUT2D eigenvalue weighted by Gasteiger charge is -2.28. The van der Waals surface area contributed by atoms with Gasteiger partial charge < -0.3 is 15.5 Å². The van der Waals surface area contributed by atoms with Gasteiger partial charge in [0.2, 0.25) is 0 Å². The van der Waals surface area contributed by atoms with Crippen molar-refractivity contribution in [1.82, 2.24) is 15.5 Å². The van der Waals surface area contributed by atoms with Crippen molar-refractivity contribution < 1.29 is 4.79 Å². The quantitative estimate of drug-likeness (QED) is 0.288. The maximum Gasteiger partial charge on any atom is 0.253 e. The van der Waals surface area contributed by atoms with Crippen molar-refractivity contribution in [3.05, 3.63) is 71.3 Å². The SMILES string of the molecule is CCNC(=NCC1(c2ccccc2)CCCC1)NCCc1cccc(C(=O)N(C)C)c1.I. The fraction of sp³-hybridized carbons (Fsp3) is 0.462. The lowest BCUT2D eigenvalue weighted by Crippen LogP contribution is -2.39. The molecule has 0 spiro atoms. The summed E-state index contributed by atoms with van der Waals surface area (Å²) in [6, 6.07) is 18.7. The van der Waals surface area contributed by atoms with Crippen LogP contribution in [-0.4, -0.2) is 50.5 Å². The van der Waals surface area contributed by atoms with Crippen LogP contribution in [0.2, 0.25) is 0 Å². The molecule has 1 fully saturated rings. The van der Waals surface area contributed by atoms with Crippen molar-refractivity contribution in [2.45, 2.75) is 44.4 Å². The molecule has 1 aliphatic carbocycles. The number of guanidine groups is 1. The second-order valence-corrected chi connectivity index (χ2v) is 8.63. The van der Waals surface area contributed by atoms with Gasteiger partial charge in [-0.1, -0.05) is 55.3 Å². The summed E-state index contributed by atoms with van der Waals surface area (Å²) in [6.07, 6.45) is 5.79. The van der Waals surface area contributed by atoms with Gasteiger partial charge in [-0.25, -0.2) is 0 Å². The molecular formula is C26H37IN4O. The van der Waals surface area contributed by atoms with Crippen LogP contribution >= 0.6 is 24.0 Å². The summed E-state index contributed by atoms with van der Waals surface area (Å²) >= 11 is 0. The number of carbonyl (C=O) groups is 1. The normalized spacial score (nSPS) is 15.0. The Labute approximate surface area is 210 Å². The lowest BCUT2D eigenvalue weighted by atomic mass is 9.79. The van der Waals surface area contributed by atoms with E-state index in [1.165, 1.54) is 31.2 Å². The predicted octanol–water partition coefficient (Wildman–Crippen LogP) is 4.62. The van der Waals surface area contributed by atoms with Crippen LogP contribution in [0.15, 0.2) is 59.6 Å². The van der Waals surface area contributed by atoms with Gasteiger partial charge in [-0.05, 0) is 49.4 Å². The van der Waals surface area contributed by atoms with Crippen LogP contribution in [0, 0.1) is 0 Å². The van der Waals surface area contributed by atoms with Gasteiger partial charge in [-0.15, -0.1) is 24.0 Å². The third-order valence-electron chi connectivity index (χ3n) is 6.12. The highest BCUT2D eigenvalue weighted by Gasteiger charge is 2.35. The average Bonchev–Trinajstić information content (AvgIpc) is 3.28. The fourth-order valence-corrected chi connectivity index (χ4v) is 4.40. The maximum atomic E-state index is 12.2. The summed E-state index contributed by atoms with van der Waals surface area (Å²) in [4.78, 5) is 18.8. The van der Waals surface area contributed by atoms with Gasteiger partial charge >= 0.3 is 0 Å². The fourth-order valence-electron chi connectivity index (χ4n) is 4.40. The summed E-state index contributed by atoms with van der Waals surface area (Å²) in [6.45, 7) is 4.50. The Morgan fingerprint density at radius 2 is 1.75 bits per heavy atom. The van der Waals surface area contributed by atoms with E-state index >= 15 is 0 Å². The number of hydrogen-bond acceptors (Lipinski definition) is 2. The topological polar surface area (TPSA) is 56.7 Å². The number of amides is 1. The number of nitrogens with one attached hydrogen (secondary N) is 2. The molecule has 0 heterocycles. The Hall–Kier alpha value is -2.09. The maximum absolute atomic E-state index is 12.2. The molecule has 0 unspecified atom stereocenters. The van der Waals surface area contributed by atoms with Gasteiger partial charge in [-0.2, -0.15) is 0 Å². The Morgan fingerprint density at radius 1 is 1.03 bits per heavy atom. The number of benzene rings is 2. The van der Waals surface area contributed by atoms with Gasteiger partial charge in [0.25, 0.3) is 5.91 Å². The molecule has 1 amide bonds. The standard InChI is InChI=1S/C26H36N4O.HI/c1-4-27-25(28-18-15-21-11-10-12-22(19-21)24(31)30(2)3)29-20-26(16-8-9-17-26)23-13-6-5-7-14-23;/h5-7,10-14,19H,4,8-9,15-18,20H2,1-3H3,(H2,27,28,29);1H. The third kappa shape index (κ3) is 6.95.